The summed E-state index contributed by atoms with van der Waals surface area (Å²) in [6, 6.07) is 45.9. The second-order valence-corrected chi connectivity index (χ2v) is 10.4. The number of para-hydroxylation sites is 1. The molecule has 0 radical (unpaired) electrons. The lowest BCUT2D eigenvalue weighted by Crippen LogP contribution is -2.05. The molecule has 1 aliphatic heterocycles. The smallest absolute Gasteiger partial charge is 0.130 e. The van der Waals surface area contributed by atoms with Crippen molar-refractivity contribution in [2.75, 3.05) is 0 Å². The molecule has 1 heteroatoms. The lowest BCUT2D eigenvalue weighted by molar-refractivity contribution is 0.426. The Hall–Kier alpha value is -4.88. The highest BCUT2D eigenvalue weighted by Gasteiger charge is 2.33. The molecule has 6 aromatic carbocycles. The molecule has 2 aliphatic rings. The molecule has 1 aliphatic carbocycles. The zero-order chi connectivity index (χ0) is 25.8. The summed E-state index contributed by atoms with van der Waals surface area (Å²) in [4.78, 5) is 0. The van der Waals surface area contributed by atoms with Crippen LogP contribution < -0.4 is 4.74 Å². The number of benzene rings is 6. The first-order valence-electron chi connectivity index (χ1n) is 13.6. The molecule has 8 rings (SSSR count). The van der Waals surface area contributed by atoms with Gasteiger partial charge in [-0.1, -0.05) is 121 Å². The van der Waals surface area contributed by atoms with Crippen molar-refractivity contribution in [3.63, 3.8) is 0 Å². The summed E-state index contributed by atoms with van der Waals surface area (Å²) in [5.74, 6) is 2.30. The van der Waals surface area contributed by atoms with Crippen LogP contribution in [0.2, 0.25) is 0 Å². The van der Waals surface area contributed by atoms with Gasteiger partial charge in [0.25, 0.3) is 0 Å². The van der Waals surface area contributed by atoms with Gasteiger partial charge in [-0.25, -0.2) is 0 Å². The molecular weight excluding hydrogens is 472 g/mol. The normalized spacial score (nSPS) is 15.8. The molecule has 1 unspecified atom stereocenters. The molecule has 0 fully saturated rings. The third-order valence-corrected chi connectivity index (χ3v) is 8.25. The van der Waals surface area contributed by atoms with Gasteiger partial charge in [0.2, 0.25) is 0 Å². The van der Waals surface area contributed by atoms with Gasteiger partial charge in [-0.3, -0.25) is 0 Å². The number of hydrogen-bond acceptors (Lipinski definition) is 1. The molecule has 1 atom stereocenters. The molecular formula is C38H26O. The molecule has 1 heterocycles. The van der Waals surface area contributed by atoms with Gasteiger partial charge in [-0.05, 0) is 79.6 Å². The molecule has 1 nitrogen and oxygen atoms in total. The van der Waals surface area contributed by atoms with Crippen molar-refractivity contribution < 1.29 is 4.74 Å². The van der Waals surface area contributed by atoms with E-state index in [2.05, 4.69) is 140 Å². The minimum Gasteiger partial charge on any atom is -0.461 e. The highest BCUT2D eigenvalue weighted by molar-refractivity contribution is 6.19. The molecule has 39 heavy (non-hydrogen) atoms. The number of fused-ring (bicyclic) bond motifs is 5. The van der Waals surface area contributed by atoms with Crippen LogP contribution in [-0.2, 0) is 0 Å². The first-order chi connectivity index (χ1) is 19.3. The molecule has 184 valence electrons. The quantitative estimate of drug-likeness (QED) is 0.221. The molecule has 0 spiro atoms. The van der Waals surface area contributed by atoms with Crippen molar-refractivity contribution in [1.82, 2.24) is 0 Å². The molecule has 0 saturated carbocycles. The third kappa shape index (κ3) is 3.55. The summed E-state index contributed by atoms with van der Waals surface area (Å²) in [5.41, 5.74) is 8.99. The zero-order valence-electron chi connectivity index (χ0n) is 21.5. The summed E-state index contributed by atoms with van der Waals surface area (Å²) >= 11 is 0. The summed E-state index contributed by atoms with van der Waals surface area (Å²) in [7, 11) is 0. The van der Waals surface area contributed by atoms with Gasteiger partial charge >= 0.3 is 0 Å². The number of rotatable bonds is 3. The second-order valence-electron chi connectivity index (χ2n) is 10.4. The van der Waals surface area contributed by atoms with Crippen molar-refractivity contribution in [2.24, 2.45) is 0 Å². The van der Waals surface area contributed by atoms with Crippen molar-refractivity contribution >= 4 is 27.1 Å². The minimum absolute atomic E-state index is 0.257. The van der Waals surface area contributed by atoms with Crippen LogP contribution in [0.1, 0.15) is 23.5 Å². The van der Waals surface area contributed by atoms with Crippen molar-refractivity contribution in [3.8, 4) is 28.0 Å². The number of allylic oxidation sites excluding steroid dienone is 4. The van der Waals surface area contributed by atoms with E-state index in [-0.39, 0.29) is 5.92 Å². The Morgan fingerprint density at radius 1 is 0.487 bits per heavy atom. The first-order valence-corrected chi connectivity index (χ1v) is 13.6. The van der Waals surface area contributed by atoms with Gasteiger partial charge in [0.1, 0.15) is 11.5 Å². The maximum Gasteiger partial charge on any atom is 0.130 e. The number of ether oxygens (including phenoxy) is 1. The first kappa shape index (κ1) is 22.1. The average molecular weight is 499 g/mol. The van der Waals surface area contributed by atoms with E-state index >= 15 is 0 Å². The van der Waals surface area contributed by atoms with E-state index in [0.717, 1.165) is 17.9 Å². The SMILES string of the molecule is C1=C(c2c3ccccc3c(-c3ccccc3)c3cc(-c4ccccc4)ccc23)CC2C(=C1)Oc1ccccc12. The molecule has 0 amide bonds. The van der Waals surface area contributed by atoms with E-state index in [4.69, 9.17) is 4.74 Å². The second kappa shape index (κ2) is 8.85. The number of hydrogen-bond donors (Lipinski definition) is 0. The molecule has 0 bridgehead atoms. The maximum absolute atomic E-state index is 6.23. The Balaban J connectivity index is 1.42. The van der Waals surface area contributed by atoms with E-state index in [9.17, 15) is 0 Å². The van der Waals surface area contributed by atoms with Crippen LogP contribution in [0.15, 0.2) is 145 Å². The lowest BCUT2D eigenvalue weighted by Gasteiger charge is -2.23. The standard InChI is InChI=1S/C38H26O/c1-3-11-25(12-4-1)27-19-21-32-34(23-27)37(26-13-5-2-6-14-26)30-16-7-8-17-31(30)38(32)28-20-22-36-33(24-28)29-15-9-10-18-35(29)39-36/h1-23,33H,24H2. The van der Waals surface area contributed by atoms with E-state index in [0.29, 0.717) is 0 Å². The maximum atomic E-state index is 6.23. The average Bonchev–Trinajstić information content (AvgIpc) is 3.38. The van der Waals surface area contributed by atoms with Crippen LogP contribution in [0, 0.1) is 0 Å². The largest absolute Gasteiger partial charge is 0.461 e. The summed E-state index contributed by atoms with van der Waals surface area (Å²) in [6.07, 6.45) is 5.40. The van der Waals surface area contributed by atoms with Crippen molar-refractivity contribution in [3.05, 3.63) is 156 Å². The fraction of sp³-hybridized carbons (Fsp3) is 0.0526. The predicted octanol–water partition coefficient (Wildman–Crippen LogP) is 10.2. The van der Waals surface area contributed by atoms with Crippen molar-refractivity contribution in [2.45, 2.75) is 12.3 Å². The van der Waals surface area contributed by atoms with Gasteiger partial charge in [0, 0.05) is 11.5 Å². The Morgan fingerprint density at radius 2 is 1.13 bits per heavy atom. The summed E-state index contributed by atoms with van der Waals surface area (Å²) in [5, 5.41) is 5.17. The summed E-state index contributed by atoms with van der Waals surface area (Å²) < 4.78 is 6.23. The molecule has 0 N–H and O–H groups in total. The predicted molar refractivity (Wildman–Crippen MR) is 163 cm³/mol. The Labute approximate surface area is 228 Å². The van der Waals surface area contributed by atoms with Gasteiger partial charge in [-0.2, -0.15) is 0 Å². The van der Waals surface area contributed by atoms with Crippen LogP contribution in [-0.4, -0.2) is 0 Å². The van der Waals surface area contributed by atoms with Gasteiger partial charge in [0.15, 0.2) is 0 Å². The van der Waals surface area contributed by atoms with E-state index < -0.39 is 0 Å². The fourth-order valence-electron chi connectivity index (χ4n) is 6.48. The third-order valence-electron chi connectivity index (χ3n) is 8.25. The highest BCUT2D eigenvalue weighted by Crippen LogP contribution is 2.50. The molecule has 0 aromatic heterocycles. The van der Waals surface area contributed by atoms with E-state index in [1.165, 1.54) is 60.5 Å². The zero-order valence-corrected chi connectivity index (χ0v) is 21.5. The molecule has 6 aromatic rings. The fourth-order valence-corrected chi connectivity index (χ4v) is 6.48. The van der Waals surface area contributed by atoms with Gasteiger partial charge in [0.05, 0.1) is 0 Å². The van der Waals surface area contributed by atoms with Crippen LogP contribution >= 0.6 is 0 Å². The van der Waals surface area contributed by atoms with Crippen LogP contribution in [0.3, 0.4) is 0 Å². The van der Waals surface area contributed by atoms with Crippen LogP contribution in [0.5, 0.6) is 5.75 Å². The minimum atomic E-state index is 0.257. The Morgan fingerprint density at radius 3 is 1.92 bits per heavy atom. The summed E-state index contributed by atoms with van der Waals surface area (Å²) in [6.45, 7) is 0. The van der Waals surface area contributed by atoms with Gasteiger partial charge in [-0.15, -0.1) is 0 Å². The lowest BCUT2D eigenvalue weighted by atomic mass is 9.80. The van der Waals surface area contributed by atoms with Crippen LogP contribution in [0.4, 0.5) is 0 Å². The van der Waals surface area contributed by atoms with E-state index in [1.807, 2.05) is 0 Å². The van der Waals surface area contributed by atoms with Crippen molar-refractivity contribution in [1.29, 1.82) is 0 Å². The van der Waals surface area contributed by atoms with Gasteiger partial charge < -0.3 is 4.74 Å². The Bertz CT molecular complexity index is 1940. The molecule has 0 saturated heterocycles. The monoisotopic (exact) mass is 498 g/mol. The van der Waals surface area contributed by atoms with Crippen LogP contribution in [0.25, 0.3) is 49.4 Å². The Kier molecular flexibility index (Phi) is 5.03. The topological polar surface area (TPSA) is 9.23 Å². The van der Waals surface area contributed by atoms with E-state index in [1.54, 1.807) is 0 Å². The highest BCUT2D eigenvalue weighted by atomic mass is 16.5.